The van der Waals surface area contributed by atoms with E-state index in [1.165, 1.54) is 0 Å². The molecule has 0 aliphatic heterocycles. The number of ether oxygens (including phenoxy) is 1. The van der Waals surface area contributed by atoms with Crippen LogP contribution in [0.2, 0.25) is 0 Å². The Morgan fingerprint density at radius 1 is 1.00 bits per heavy atom. The third-order valence-corrected chi connectivity index (χ3v) is 4.12. The average molecular weight is 378 g/mol. The van der Waals surface area contributed by atoms with Crippen LogP contribution in [0.4, 0.5) is 11.4 Å². The quantitative estimate of drug-likeness (QED) is 0.664. The van der Waals surface area contributed by atoms with E-state index in [1.54, 1.807) is 36.1 Å². The van der Waals surface area contributed by atoms with Gasteiger partial charge in [0.15, 0.2) is 0 Å². The highest BCUT2D eigenvalue weighted by atomic mass is 16.5. The lowest BCUT2D eigenvalue weighted by molar-refractivity contribution is -0.133. The van der Waals surface area contributed by atoms with Gasteiger partial charge in [0.1, 0.15) is 11.5 Å². The SMILES string of the molecule is CCc1nn(C)cc1NC(=O)C(=O)Nc1ccc(Oc2ccccc2)cc1C. The highest BCUT2D eigenvalue weighted by molar-refractivity contribution is 6.43. The number of hydrogen-bond donors (Lipinski definition) is 2. The van der Waals surface area contributed by atoms with E-state index in [-0.39, 0.29) is 0 Å². The molecule has 0 aliphatic carbocycles. The third-order valence-electron chi connectivity index (χ3n) is 4.12. The number of rotatable bonds is 5. The van der Waals surface area contributed by atoms with Crippen LogP contribution in [0.3, 0.4) is 0 Å². The summed E-state index contributed by atoms with van der Waals surface area (Å²) < 4.78 is 7.37. The molecule has 0 spiro atoms. The molecule has 2 amide bonds. The average Bonchev–Trinajstić information content (AvgIpc) is 3.04. The molecule has 1 heterocycles. The predicted octanol–water partition coefficient (Wildman–Crippen LogP) is 3.66. The molecule has 0 unspecified atom stereocenters. The molecule has 7 heteroatoms. The number of aromatic nitrogens is 2. The van der Waals surface area contributed by atoms with Gasteiger partial charge in [0.2, 0.25) is 0 Å². The topological polar surface area (TPSA) is 85.2 Å². The Kier molecular flexibility index (Phi) is 5.74. The molecular formula is C21H22N4O3. The molecule has 3 rings (SSSR count). The van der Waals surface area contributed by atoms with Gasteiger partial charge in [-0.2, -0.15) is 5.10 Å². The Labute approximate surface area is 163 Å². The molecule has 0 bridgehead atoms. The Hall–Kier alpha value is -3.61. The van der Waals surface area contributed by atoms with Gasteiger partial charge in [0, 0.05) is 18.9 Å². The zero-order valence-electron chi connectivity index (χ0n) is 16.0. The number of para-hydroxylation sites is 1. The van der Waals surface area contributed by atoms with Gasteiger partial charge < -0.3 is 15.4 Å². The van der Waals surface area contributed by atoms with E-state index in [4.69, 9.17) is 4.74 Å². The van der Waals surface area contributed by atoms with Crippen LogP contribution in [-0.2, 0) is 23.1 Å². The lowest BCUT2D eigenvalue weighted by atomic mass is 10.2. The van der Waals surface area contributed by atoms with Crippen LogP contribution in [0.25, 0.3) is 0 Å². The van der Waals surface area contributed by atoms with Crippen LogP contribution in [0.5, 0.6) is 11.5 Å². The van der Waals surface area contributed by atoms with Crippen molar-refractivity contribution < 1.29 is 14.3 Å². The summed E-state index contributed by atoms with van der Waals surface area (Å²) >= 11 is 0. The minimum Gasteiger partial charge on any atom is -0.457 e. The van der Waals surface area contributed by atoms with Crippen LogP contribution in [-0.4, -0.2) is 21.6 Å². The van der Waals surface area contributed by atoms with Gasteiger partial charge in [-0.3, -0.25) is 14.3 Å². The Morgan fingerprint density at radius 3 is 2.32 bits per heavy atom. The number of anilines is 2. The summed E-state index contributed by atoms with van der Waals surface area (Å²) in [6.45, 7) is 3.77. The number of benzene rings is 2. The summed E-state index contributed by atoms with van der Waals surface area (Å²) in [5.41, 5.74) is 2.59. The highest BCUT2D eigenvalue weighted by Crippen LogP contribution is 2.26. The Balaban J connectivity index is 1.65. The van der Waals surface area contributed by atoms with Crippen molar-refractivity contribution in [3.8, 4) is 11.5 Å². The number of nitrogens with one attached hydrogen (secondary N) is 2. The third kappa shape index (κ3) is 4.56. The minimum absolute atomic E-state index is 0.536. The number of aryl methyl sites for hydroxylation is 3. The first-order valence-corrected chi connectivity index (χ1v) is 8.94. The summed E-state index contributed by atoms with van der Waals surface area (Å²) in [5.74, 6) is -0.118. The molecule has 3 aromatic rings. The van der Waals surface area contributed by atoms with Crippen molar-refractivity contribution in [3.63, 3.8) is 0 Å². The normalized spacial score (nSPS) is 10.4. The first-order valence-electron chi connectivity index (χ1n) is 8.94. The van der Waals surface area contributed by atoms with Crippen LogP contribution in [0.15, 0.2) is 54.7 Å². The summed E-state index contributed by atoms with van der Waals surface area (Å²) in [5, 5.41) is 9.48. The lowest BCUT2D eigenvalue weighted by Crippen LogP contribution is -2.29. The second kappa shape index (κ2) is 8.39. The van der Waals surface area contributed by atoms with E-state index in [0.717, 1.165) is 17.0 Å². The van der Waals surface area contributed by atoms with E-state index >= 15 is 0 Å². The fourth-order valence-corrected chi connectivity index (χ4v) is 2.72. The lowest BCUT2D eigenvalue weighted by Gasteiger charge is -2.11. The number of nitrogens with zero attached hydrogens (tertiary/aromatic N) is 2. The summed E-state index contributed by atoms with van der Waals surface area (Å²) in [7, 11) is 1.76. The van der Waals surface area contributed by atoms with Crippen molar-refractivity contribution in [1.82, 2.24) is 9.78 Å². The number of hydrogen-bond acceptors (Lipinski definition) is 4. The molecule has 0 radical (unpaired) electrons. The van der Waals surface area contributed by atoms with Crippen molar-refractivity contribution in [1.29, 1.82) is 0 Å². The molecule has 144 valence electrons. The first-order chi connectivity index (χ1) is 13.5. The van der Waals surface area contributed by atoms with Gasteiger partial charge in [0.25, 0.3) is 0 Å². The van der Waals surface area contributed by atoms with Gasteiger partial charge in [-0.1, -0.05) is 25.1 Å². The molecule has 1 aromatic heterocycles. The highest BCUT2D eigenvalue weighted by Gasteiger charge is 2.18. The van der Waals surface area contributed by atoms with E-state index < -0.39 is 11.8 Å². The number of carbonyl (C=O) groups excluding carboxylic acids is 2. The second-order valence-electron chi connectivity index (χ2n) is 6.32. The Bertz CT molecular complexity index is 996. The molecule has 2 aromatic carbocycles. The molecule has 0 atom stereocenters. The summed E-state index contributed by atoms with van der Waals surface area (Å²) in [6, 6.07) is 14.7. The molecule has 28 heavy (non-hydrogen) atoms. The van der Waals surface area contributed by atoms with Crippen molar-refractivity contribution in [3.05, 3.63) is 66.0 Å². The van der Waals surface area contributed by atoms with Crippen LogP contribution < -0.4 is 15.4 Å². The van der Waals surface area contributed by atoms with E-state index in [0.29, 0.717) is 23.5 Å². The summed E-state index contributed by atoms with van der Waals surface area (Å²) in [6.07, 6.45) is 2.32. The first kappa shape index (κ1) is 19.2. The van der Waals surface area contributed by atoms with Gasteiger partial charge >= 0.3 is 11.8 Å². The van der Waals surface area contributed by atoms with Crippen LogP contribution >= 0.6 is 0 Å². The van der Waals surface area contributed by atoms with Crippen molar-refractivity contribution in [2.24, 2.45) is 7.05 Å². The second-order valence-corrected chi connectivity index (χ2v) is 6.32. The fraction of sp³-hybridized carbons (Fsp3) is 0.190. The molecule has 0 saturated carbocycles. The maximum absolute atomic E-state index is 12.3. The zero-order chi connectivity index (χ0) is 20.1. The van der Waals surface area contributed by atoms with Crippen LogP contribution in [0.1, 0.15) is 18.2 Å². The molecule has 0 aliphatic rings. The van der Waals surface area contributed by atoms with Gasteiger partial charge in [-0.15, -0.1) is 0 Å². The largest absolute Gasteiger partial charge is 0.457 e. The van der Waals surface area contributed by atoms with E-state index in [9.17, 15) is 9.59 Å². The molecule has 0 fully saturated rings. The summed E-state index contributed by atoms with van der Waals surface area (Å²) in [4.78, 5) is 24.5. The standard InChI is InChI=1S/C21H22N4O3/c1-4-17-19(13-25(3)24-17)23-21(27)20(26)22-18-11-10-16(12-14(18)2)28-15-8-6-5-7-9-15/h5-13H,4H2,1-3H3,(H,22,26)(H,23,27). The van der Waals surface area contributed by atoms with Gasteiger partial charge in [-0.25, -0.2) is 0 Å². The molecule has 0 saturated heterocycles. The molecular weight excluding hydrogens is 356 g/mol. The van der Waals surface area contributed by atoms with Crippen LogP contribution in [0, 0.1) is 6.92 Å². The minimum atomic E-state index is -0.745. The van der Waals surface area contributed by atoms with Gasteiger partial charge in [0.05, 0.1) is 11.4 Å². The monoisotopic (exact) mass is 378 g/mol. The maximum Gasteiger partial charge on any atom is 0.314 e. The zero-order valence-corrected chi connectivity index (χ0v) is 16.0. The maximum atomic E-state index is 12.3. The predicted molar refractivity (Wildman–Crippen MR) is 108 cm³/mol. The number of amides is 2. The van der Waals surface area contributed by atoms with Crippen molar-refractivity contribution in [2.75, 3.05) is 10.6 Å². The van der Waals surface area contributed by atoms with Gasteiger partial charge in [-0.05, 0) is 49.2 Å². The van der Waals surface area contributed by atoms with Crippen molar-refractivity contribution >= 4 is 23.2 Å². The smallest absolute Gasteiger partial charge is 0.314 e. The molecule has 7 nitrogen and oxygen atoms in total. The van der Waals surface area contributed by atoms with E-state index in [1.807, 2.05) is 44.2 Å². The fourth-order valence-electron chi connectivity index (χ4n) is 2.72. The van der Waals surface area contributed by atoms with E-state index in [2.05, 4.69) is 15.7 Å². The number of carbonyl (C=O) groups is 2. The Morgan fingerprint density at radius 2 is 1.68 bits per heavy atom. The molecule has 2 N–H and O–H groups in total. The van der Waals surface area contributed by atoms with Crippen molar-refractivity contribution in [2.45, 2.75) is 20.3 Å².